The van der Waals surface area contributed by atoms with Crippen LogP contribution in [0.5, 0.6) is 0 Å². The molecular formula is C15H16N2O2S. The highest BCUT2D eigenvalue weighted by molar-refractivity contribution is 7.13. The zero-order chi connectivity index (χ0) is 14.4. The Hall–Kier alpha value is -2.01. The number of carbonyl (C=O) groups is 1. The molecule has 1 heterocycles. The van der Waals surface area contributed by atoms with Crippen molar-refractivity contribution in [3.63, 3.8) is 0 Å². The number of nitrogens with zero attached hydrogens (tertiary/aromatic N) is 2. The fourth-order valence-electron chi connectivity index (χ4n) is 1.82. The van der Waals surface area contributed by atoms with Crippen LogP contribution in [-0.4, -0.2) is 28.8 Å². The summed E-state index contributed by atoms with van der Waals surface area (Å²) >= 11 is 1.35. The van der Waals surface area contributed by atoms with Gasteiger partial charge < -0.3 is 5.11 Å². The Morgan fingerprint density at radius 2 is 2.15 bits per heavy atom. The Morgan fingerprint density at radius 1 is 1.40 bits per heavy atom. The van der Waals surface area contributed by atoms with Crippen molar-refractivity contribution in [2.45, 2.75) is 19.8 Å². The van der Waals surface area contributed by atoms with Crippen LogP contribution in [0.2, 0.25) is 0 Å². The molecule has 2 aromatic rings. The quantitative estimate of drug-likeness (QED) is 0.653. The number of hydrogen-bond donors (Lipinski definition) is 1. The Bertz CT molecular complexity index is 603. The first kappa shape index (κ1) is 14.4. The number of aromatic carboxylic acids is 1. The minimum Gasteiger partial charge on any atom is -0.476 e. The molecule has 0 unspecified atom stereocenters. The number of aliphatic imine (C=N–C) groups is 1. The first-order valence-corrected chi connectivity index (χ1v) is 7.31. The molecule has 0 amide bonds. The third-order valence-corrected chi connectivity index (χ3v) is 3.75. The van der Waals surface area contributed by atoms with Crippen LogP contribution in [0.1, 0.15) is 29.4 Å². The number of aromatic nitrogens is 1. The maximum Gasteiger partial charge on any atom is 0.355 e. The number of carboxylic acids is 1. The highest BCUT2D eigenvalue weighted by Gasteiger charge is 2.09. The van der Waals surface area contributed by atoms with Crippen LogP contribution in [0.25, 0.3) is 10.6 Å². The standard InChI is InChI=1S/C15H16N2O2S/c1-2-16-9-3-4-11-5-7-12(8-6-11)14-17-13(10-20-14)15(18)19/h2,5-8,10H,3-4,9H2,1H3,(H,18,19). The van der Waals surface area contributed by atoms with E-state index in [1.807, 2.05) is 25.3 Å². The molecule has 104 valence electrons. The smallest absolute Gasteiger partial charge is 0.355 e. The van der Waals surface area contributed by atoms with Crippen molar-refractivity contribution in [2.24, 2.45) is 4.99 Å². The monoisotopic (exact) mass is 288 g/mol. The third kappa shape index (κ3) is 3.74. The minimum absolute atomic E-state index is 0.103. The molecule has 0 radical (unpaired) electrons. The maximum atomic E-state index is 10.8. The van der Waals surface area contributed by atoms with Crippen molar-refractivity contribution in [2.75, 3.05) is 6.54 Å². The number of carboxylic acid groups (broad SMARTS) is 1. The Kier molecular flexibility index (Phi) is 5.01. The molecule has 20 heavy (non-hydrogen) atoms. The molecular weight excluding hydrogens is 272 g/mol. The van der Waals surface area contributed by atoms with Gasteiger partial charge in [0.15, 0.2) is 5.69 Å². The largest absolute Gasteiger partial charge is 0.476 e. The lowest BCUT2D eigenvalue weighted by Crippen LogP contribution is -1.95. The number of thiazole rings is 1. The van der Waals surface area contributed by atoms with Crippen molar-refractivity contribution < 1.29 is 9.90 Å². The van der Waals surface area contributed by atoms with Gasteiger partial charge in [0.25, 0.3) is 0 Å². The summed E-state index contributed by atoms with van der Waals surface area (Å²) < 4.78 is 0. The number of benzene rings is 1. The predicted octanol–water partition coefficient (Wildman–Crippen LogP) is 3.53. The van der Waals surface area contributed by atoms with E-state index >= 15 is 0 Å². The zero-order valence-electron chi connectivity index (χ0n) is 11.2. The summed E-state index contributed by atoms with van der Waals surface area (Å²) in [5, 5.41) is 11.2. The van der Waals surface area contributed by atoms with Crippen LogP contribution in [0.15, 0.2) is 34.6 Å². The SMILES string of the molecule is CC=NCCCc1ccc(-c2nc(C(=O)O)cs2)cc1. The van der Waals surface area contributed by atoms with Crippen LogP contribution in [0.4, 0.5) is 0 Å². The van der Waals surface area contributed by atoms with Gasteiger partial charge in [-0.1, -0.05) is 24.3 Å². The molecule has 1 N–H and O–H groups in total. The average molecular weight is 288 g/mol. The molecule has 0 saturated heterocycles. The fraction of sp³-hybridized carbons (Fsp3) is 0.267. The summed E-state index contributed by atoms with van der Waals surface area (Å²) in [6.07, 6.45) is 3.85. The van der Waals surface area contributed by atoms with Gasteiger partial charge in [0.1, 0.15) is 5.01 Å². The lowest BCUT2D eigenvalue weighted by molar-refractivity contribution is 0.0691. The van der Waals surface area contributed by atoms with Crippen LogP contribution >= 0.6 is 11.3 Å². The topological polar surface area (TPSA) is 62.5 Å². The molecule has 0 atom stereocenters. The van der Waals surface area contributed by atoms with E-state index in [1.165, 1.54) is 16.9 Å². The first-order valence-electron chi connectivity index (χ1n) is 6.43. The predicted molar refractivity (Wildman–Crippen MR) is 81.9 cm³/mol. The molecule has 1 aromatic carbocycles. The average Bonchev–Trinajstić information content (AvgIpc) is 2.94. The summed E-state index contributed by atoms with van der Waals surface area (Å²) in [6.45, 7) is 2.78. The molecule has 4 nitrogen and oxygen atoms in total. The lowest BCUT2D eigenvalue weighted by atomic mass is 10.1. The molecule has 0 saturated carbocycles. The molecule has 0 aliphatic heterocycles. The second-order valence-electron chi connectivity index (χ2n) is 4.31. The van der Waals surface area contributed by atoms with Gasteiger partial charge >= 0.3 is 5.97 Å². The molecule has 0 fully saturated rings. The van der Waals surface area contributed by atoms with E-state index in [9.17, 15) is 4.79 Å². The van der Waals surface area contributed by atoms with E-state index in [1.54, 1.807) is 5.38 Å². The van der Waals surface area contributed by atoms with Crippen molar-refractivity contribution in [1.29, 1.82) is 0 Å². The van der Waals surface area contributed by atoms with E-state index in [0.29, 0.717) is 0 Å². The summed E-state index contributed by atoms with van der Waals surface area (Å²) in [7, 11) is 0. The van der Waals surface area contributed by atoms with Gasteiger partial charge in [0, 0.05) is 17.5 Å². The van der Waals surface area contributed by atoms with Gasteiger partial charge in [0.05, 0.1) is 0 Å². The first-order chi connectivity index (χ1) is 9.70. The van der Waals surface area contributed by atoms with Crippen LogP contribution in [0.3, 0.4) is 0 Å². The van der Waals surface area contributed by atoms with E-state index in [0.717, 1.165) is 30.0 Å². The van der Waals surface area contributed by atoms with Gasteiger partial charge in [0.2, 0.25) is 0 Å². The van der Waals surface area contributed by atoms with Gasteiger partial charge in [-0.2, -0.15) is 0 Å². The molecule has 0 aliphatic carbocycles. The summed E-state index contributed by atoms with van der Waals surface area (Å²) in [6, 6.07) is 8.10. The Morgan fingerprint density at radius 3 is 2.75 bits per heavy atom. The highest BCUT2D eigenvalue weighted by atomic mass is 32.1. The second-order valence-corrected chi connectivity index (χ2v) is 5.17. The summed E-state index contributed by atoms with van der Waals surface area (Å²) in [5.74, 6) is -0.986. The van der Waals surface area contributed by atoms with Crippen molar-refractivity contribution in [1.82, 2.24) is 4.98 Å². The van der Waals surface area contributed by atoms with Crippen LogP contribution in [0, 0.1) is 0 Å². The lowest BCUT2D eigenvalue weighted by Gasteiger charge is -2.01. The fourth-order valence-corrected chi connectivity index (χ4v) is 2.62. The summed E-state index contributed by atoms with van der Waals surface area (Å²) in [5.41, 5.74) is 2.32. The van der Waals surface area contributed by atoms with Gasteiger partial charge in [-0.25, -0.2) is 9.78 Å². The number of aryl methyl sites for hydroxylation is 1. The van der Waals surface area contributed by atoms with E-state index in [4.69, 9.17) is 5.11 Å². The molecule has 2 rings (SSSR count). The molecule has 1 aromatic heterocycles. The van der Waals surface area contributed by atoms with Gasteiger partial charge in [-0.3, -0.25) is 4.99 Å². The Balaban J connectivity index is 2.01. The van der Waals surface area contributed by atoms with Crippen LogP contribution in [-0.2, 0) is 6.42 Å². The number of hydrogen-bond acceptors (Lipinski definition) is 4. The van der Waals surface area contributed by atoms with E-state index < -0.39 is 5.97 Å². The molecule has 0 spiro atoms. The zero-order valence-corrected chi connectivity index (χ0v) is 12.1. The highest BCUT2D eigenvalue weighted by Crippen LogP contribution is 2.24. The van der Waals surface area contributed by atoms with E-state index in [-0.39, 0.29) is 5.69 Å². The molecule has 0 aliphatic rings. The van der Waals surface area contributed by atoms with Crippen LogP contribution < -0.4 is 0 Å². The summed E-state index contributed by atoms with van der Waals surface area (Å²) in [4.78, 5) is 19.1. The third-order valence-electron chi connectivity index (χ3n) is 2.86. The van der Waals surface area contributed by atoms with Gasteiger partial charge in [-0.15, -0.1) is 11.3 Å². The van der Waals surface area contributed by atoms with E-state index in [2.05, 4.69) is 22.1 Å². The Labute approximate surface area is 121 Å². The molecule has 0 bridgehead atoms. The number of rotatable bonds is 6. The molecule has 5 heteroatoms. The van der Waals surface area contributed by atoms with Gasteiger partial charge in [-0.05, 0) is 31.5 Å². The maximum absolute atomic E-state index is 10.8. The van der Waals surface area contributed by atoms with Crippen molar-refractivity contribution in [3.8, 4) is 10.6 Å². The second kappa shape index (κ2) is 6.96. The van der Waals surface area contributed by atoms with Crippen molar-refractivity contribution in [3.05, 3.63) is 40.9 Å². The minimum atomic E-state index is -0.986. The van der Waals surface area contributed by atoms with Crippen molar-refractivity contribution >= 4 is 23.5 Å². The normalized spacial score (nSPS) is 11.1.